The highest BCUT2D eigenvalue weighted by Gasteiger charge is 2.44. The Bertz CT molecular complexity index is 227. The summed E-state index contributed by atoms with van der Waals surface area (Å²) in [5.41, 5.74) is -0.693. The van der Waals surface area contributed by atoms with Gasteiger partial charge < -0.3 is 10.2 Å². The van der Waals surface area contributed by atoms with Gasteiger partial charge in [-0.05, 0) is 31.6 Å². The van der Waals surface area contributed by atoms with E-state index in [1.54, 1.807) is 6.08 Å². The van der Waals surface area contributed by atoms with Gasteiger partial charge in [0.1, 0.15) is 0 Å². The molecule has 80 valence electrons. The fourth-order valence-electron chi connectivity index (χ4n) is 2.21. The fraction of sp³-hybridized carbons (Fsp3) is 0.727. The summed E-state index contributed by atoms with van der Waals surface area (Å²) in [6, 6.07) is 0. The zero-order valence-corrected chi connectivity index (χ0v) is 8.57. The average Bonchev–Trinajstić information content (AvgIpc) is 2.18. The molecule has 14 heavy (non-hydrogen) atoms. The van der Waals surface area contributed by atoms with E-state index in [4.69, 9.17) is 0 Å². The number of aliphatic hydroxyl groups is 1. The lowest BCUT2D eigenvalue weighted by molar-refractivity contribution is -0.155. The molecule has 1 rings (SSSR count). The summed E-state index contributed by atoms with van der Waals surface area (Å²) in [5, 5.41) is 18.6. The Morgan fingerprint density at radius 3 is 2.43 bits per heavy atom. The van der Waals surface area contributed by atoms with Crippen molar-refractivity contribution >= 4 is 5.97 Å². The topological polar surface area (TPSA) is 57.5 Å². The minimum absolute atomic E-state index is 0.0347. The van der Waals surface area contributed by atoms with E-state index in [2.05, 4.69) is 6.58 Å². The van der Waals surface area contributed by atoms with Crippen molar-refractivity contribution in [2.75, 3.05) is 0 Å². The monoisotopic (exact) mass is 198 g/mol. The van der Waals surface area contributed by atoms with E-state index in [1.807, 2.05) is 6.92 Å². The van der Waals surface area contributed by atoms with Gasteiger partial charge in [-0.25, -0.2) is 0 Å². The number of aliphatic hydroxyl groups excluding tert-OH is 1. The van der Waals surface area contributed by atoms with E-state index >= 15 is 0 Å². The lowest BCUT2D eigenvalue weighted by Crippen LogP contribution is -2.41. The van der Waals surface area contributed by atoms with Gasteiger partial charge in [-0.2, -0.15) is 0 Å². The summed E-state index contributed by atoms with van der Waals surface area (Å²) >= 11 is 0. The Hall–Kier alpha value is -0.830. The number of hydrogen-bond acceptors (Lipinski definition) is 2. The van der Waals surface area contributed by atoms with Crippen LogP contribution >= 0.6 is 0 Å². The molecule has 0 aromatic carbocycles. The van der Waals surface area contributed by atoms with Crippen LogP contribution in [0.3, 0.4) is 0 Å². The molecule has 1 saturated carbocycles. The van der Waals surface area contributed by atoms with Crippen LogP contribution in [0.2, 0.25) is 0 Å². The maximum Gasteiger partial charge on any atom is 0.310 e. The molecule has 0 heterocycles. The lowest BCUT2D eigenvalue weighted by Gasteiger charge is -2.38. The third-order valence-electron chi connectivity index (χ3n) is 3.50. The Labute approximate surface area is 84.4 Å². The van der Waals surface area contributed by atoms with Crippen LogP contribution in [0.4, 0.5) is 0 Å². The van der Waals surface area contributed by atoms with Crippen LogP contribution in [0.15, 0.2) is 12.7 Å². The van der Waals surface area contributed by atoms with Crippen molar-refractivity contribution in [1.29, 1.82) is 0 Å². The van der Waals surface area contributed by atoms with E-state index in [-0.39, 0.29) is 12.0 Å². The van der Waals surface area contributed by atoms with Crippen LogP contribution < -0.4 is 0 Å². The molecule has 0 saturated heterocycles. The number of aliphatic carboxylic acids is 1. The van der Waals surface area contributed by atoms with Gasteiger partial charge in [0.05, 0.1) is 11.5 Å². The fourth-order valence-corrected chi connectivity index (χ4v) is 2.21. The van der Waals surface area contributed by atoms with Gasteiger partial charge in [-0.3, -0.25) is 4.79 Å². The van der Waals surface area contributed by atoms with Crippen LogP contribution in [-0.2, 0) is 4.79 Å². The summed E-state index contributed by atoms with van der Waals surface area (Å²) in [7, 11) is 0. The molecule has 3 nitrogen and oxygen atoms in total. The zero-order chi connectivity index (χ0) is 10.8. The van der Waals surface area contributed by atoms with Crippen LogP contribution in [0, 0.1) is 11.3 Å². The minimum atomic E-state index is -0.753. The molecule has 3 heteroatoms. The lowest BCUT2D eigenvalue weighted by atomic mass is 9.66. The van der Waals surface area contributed by atoms with E-state index in [0.717, 1.165) is 0 Å². The summed E-state index contributed by atoms with van der Waals surface area (Å²) in [4.78, 5) is 11.3. The summed E-state index contributed by atoms with van der Waals surface area (Å²) in [6.07, 6.45) is 3.66. The van der Waals surface area contributed by atoms with Gasteiger partial charge >= 0.3 is 5.97 Å². The Morgan fingerprint density at radius 2 is 2.07 bits per heavy atom. The van der Waals surface area contributed by atoms with Gasteiger partial charge in [-0.1, -0.05) is 13.0 Å². The highest BCUT2D eigenvalue weighted by molar-refractivity contribution is 5.75. The smallest absolute Gasteiger partial charge is 0.310 e. The quantitative estimate of drug-likeness (QED) is 0.680. The van der Waals surface area contributed by atoms with Crippen LogP contribution in [0.5, 0.6) is 0 Å². The van der Waals surface area contributed by atoms with Crippen molar-refractivity contribution in [3.63, 3.8) is 0 Å². The SMILES string of the molecule is C=CC(C)C1(C(=O)O)CCC(O)CC1. The predicted molar refractivity (Wildman–Crippen MR) is 53.9 cm³/mol. The molecule has 0 radical (unpaired) electrons. The number of carboxylic acid groups (broad SMARTS) is 1. The van der Waals surface area contributed by atoms with Crippen LogP contribution in [-0.4, -0.2) is 22.3 Å². The van der Waals surface area contributed by atoms with Gasteiger partial charge in [-0.15, -0.1) is 6.58 Å². The average molecular weight is 198 g/mol. The van der Waals surface area contributed by atoms with Crippen LogP contribution in [0.1, 0.15) is 32.6 Å². The van der Waals surface area contributed by atoms with Crippen molar-refractivity contribution in [3.05, 3.63) is 12.7 Å². The summed E-state index contributed by atoms with van der Waals surface area (Å²) in [5.74, 6) is -0.788. The van der Waals surface area contributed by atoms with E-state index in [0.29, 0.717) is 25.7 Å². The van der Waals surface area contributed by atoms with E-state index in [1.165, 1.54) is 0 Å². The molecular formula is C11H18O3. The number of hydrogen-bond donors (Lipinski definition) is 2. The third kappa shape index (κ3) is 1.82. The van der Waals surface area contributed by atoms with Gasteiger partial charge in [0.2, 0.25) is 0 Å². The summed E-state index contributed by atoms with van der Waals surface area (Å²) < 4.78 is 0. The maximum absolute atomic E-state index is 11.3. The van der Waals surface area contributed by atoms with Crippen molar-refractivity contribution in [2.24, 2.45) is 11.3 Å². The van der Waals surface area contributed by atoms with Gasteiger partial charge in [0.25, 0.3) is 0 Å². The molecule has 1 fully saturated rings. The van der Waals surface area contributed by atoms with Crippen molar-refractivity contribution in [1.82, 2.24) is 0 Å². The second kappa shape index (κ2) is 4.13. The summed E-state index contributed by atoms with van der Waals surface area (Å²) in [6.45, 7) is 5.54. The van der Waals surface area contributed by atoms with E-state index < -0.39 is 11.4 Å². The molecule has 0 aromatic heterocycles. The van der Waals surface area contributed by atoms with Crippen molar-refractivity contribution < 1.29 is 15.0 Å². The number of carboxylic acids is 1. The van der Waals surface area contributed by atoms with Crippen LogP contribution in [0.25, 0.3) is 0 Å². The molecule has 1 atom stereocenters. The Balaban J connectivity index is 2.83. The molecule has 0 aliphatic heterocycles. The highest BCUT2D eigenvalue weighted by atomic mass is 16.4. The standard InChI is InChI=1S/C11H18O3/c1-3-8(2)11(10(13)14)6-4-9(12)5-7-11/h3,8-9,12H,1,4-7H2,2H3,(H,13,14). The number of carbonyl (C=O) groups is 1. The van der Waals surface area contributed by atoms with Crippen molar-refractivity contribution in [3.8, 4) is 0 Å². The molecule has 0 aromatic rings. The first-order valence-electron chi connectivity index (χ1n) is 5.07. The number of rotatable bonds is 3. The maximum atomic E-state index is 11.3. The number of allylic oxidation sites excluding steroid dienone is 1. The van der Waals surface area contributed by atoms with Gasteiger partial charge in [0, 0.05) is 0 Å². The second-order valence-corrected chi connectivity index (χ2v) is 4.22. The van der Waals surface area contributed by atoms with Gasteiger partial charge in [0.15, 0.2) is 0 Å². The second-order valence-electron chi connectivity index (χ2n) is 4.22. The third-order valence-corrected chi connectivity index (χ3v) is 3.50. The van der Waals surface area contributed by atoms with Crippen molar-refractivity contribution in [2.45, 2.75) is 38.7 Å². The first kappa shape index (κ1) is 11.2. The molecule has 0 spiro atoms. The molecule has 1 aliphatic rings. The minimum Gasteiger partial charge on any atom is -0.481 e. The molecular weight excluding hydrogens is 180 g/mol. The zero-order valence-electron chi connectivity index (χ0n) is 8.57. The molecule has 0 bridgehead atoms. The highest BCUT2D eigenvalue weighted by Crippen LogP contribution is 2.43. The first-order chi connectivity index (χ1) is 6.53. The molecule has 1 aliphatic carbocycles. The molecule has 1 unspecified atom stereocenters. The molecule has 2 N–H and O–H groups in total. The predicted octanol–water partition coefficient (Wildman–Crippen LogP) is 1.81. The molecule has 0 amide bonds. The first-order valence-corrected chi connectivity index (χ1v) is 5.07. The Kier molecular flexibility index (Phi) is 3.32. The Morgan fingerprint density at radius 1 is 1.57 bits per heavy atom. The normalized spacial score (nSPS) is 34.9. The largest absolute Gasteiger partial charge is 0.481 e. The van der Waals surface area contributed by atoms with E-state index in [9.17, 15) is 15.0 Å².